The third-order valence-corrected chi connectivity index (χ3v) is 4.81. The maximum atomic E-state index is 12.1. The predicted octanol–water partition coefficient (Wildman–Crippen LogP) is 1.68. The van der Waals surface area contributed by atoms with Crippen molar-refractivity contribution in [1.29, 1.82) is 0 Å². The van der Waals surface area contributed by atoms with Gasteiger partial charge < -0.3 is 20.0 Å². The van der Waals surface area contributed by atoms with Crippen LogP contribution in [0, 0.1) is 6.92 Å². The Bertz CT molecular complexity index is 960. The Balaban J connectivity index is 1.61. The quantitative estimate of drug-likeness (QED) is 0.603. The molecule has 3 aromatic rings. The number of benzene rings is 1. The van der Waals surface area contributed by atoms with Gasteiger partial charge in [-0.3, -0.25) is 9.59 Å². The van der Waals surface area contributed by atoms with E-state index >= 15 is 0 Å². The molecule has 130 valence electrons. The van der Waals surface area contributed by atoms with Crippen molar-refractivity contribution in [3.05, 3.63) is 51.9 Å². The molecule has 25 heavy (non-hydrogen) atoms. The molecular formula is C17H18N4O3S. The summed E-state index contributed by atoms with van der Waals surface area (Å²) < 4.78 is 1.68. The third kappa shape index (κ3) is 3.69. The molecule has 3 rings (SSSR count). The number of thioether (sulfide) groups is 1. The first kappa shape index (κ1) is 17.1. The highest BCUT2D eigenvalue weighted by Crippen LogP contribution is 2.19. The standard InChI is InChI=1S/C17H18N4O3S/c1-10-7-14(22)16(24)13(21(10)2)8-18-15(23)9-25-17-19-11-5-3-4-6-12(11)20-17/h3-7,24H,8-9H2,1-2H3,(H,18,23)(H,19,20). The number of amides is 1. The number of H-pyrrole nitrogens is 1. The van der Waals surface area contributed by atoms with Gasteiger partial charge in [-0.2, -0.15) is 0 Å². The molecule has 0 unspecified atom stereocenters. The summed E-state index contributed by atoms with van der Waals surface area (Å²) in [5, 5.41) is 13.3. The zero-order valence-corrected chi connectivity index (χ0v) is 14.7. The topological polar surface area (TPSA) is 100 Å². The highest BCUT2D eigenvalue weighted by Gasteiger charge is 2.12. The van der Waals surface area contributed by atoms with Crippen LogP contribution in [0.5, 0.6) is 5.75 Å². The Morgan fingerprint density at radius 3 is 2.92 bits per heavy atom. The SMILES string of the molecule is Cc1cc(=O)c(O)c(CNC(=O)CSc2nc3ccccc3[nH]2)n1C. The van der Waals surface area contributed by atoms with E-state index in [9.17, 15) is 14.7 Å². The van der Waals surface area contributed by atoms with Crippen LogP contribution in [0.4, 0.5) is 0 Å². The van der Waals surface area contributed by atoms with Crippen LogP contribution in [0.2, 0.25) is 0 Å². The summed E-state index contributed by atoms with van der Waals surface area (Å²) in [6, 6.07) is 9.01. The fraction of sp³-hybridized carbons (Fsp3) is 0.235. The van der Waals surface area contributed by atoms with E-state index in [2.05, 4.69) is 15.3 Å². The Morgan fingerprint density at radius 2 is 2.16 bits per heavy atom. The molecule has 2 aromatic heterocycles. The van der Waals surface area contributed by atoms with E-state index < -0.39 is 5.43 Å². The second-order valence-corrected chi connectivity index (χ2v) is 6.59. The predicted molar refractivity (Wildman–Crippen MR) is 96.7 cm³/mol. The summed E-state index contributed by atoms with van der Waals surface area (Å²) >= 11 is 1.29. The van der Waals surface area contributed by atoms with Crippen molar-refractivity contribution in [2.24, 2.45) is 7.05 Å². The van der Waals surface area contributed by atoms with Crippen molar-refractivity contribution in [3.63, 3.8) is 0 Å². The van der Waals surface area contributed by atoms with Crippen LogP contribution in [0.25, 0.3) is 11.0 Å². The summed E-state index contributed by atoms with van der Waals surface area (Å²) in [5.74, 6) is -0.363. The number of fused-ring (bicyclic) bond motifs is 1. The Kier molecular flexibility index (Phi) is 4.80. The molecule has 1 aromatic carbocycles. The van der Waals surface area contributed by atoms with Gasteiger partial charge in [-0.15, -0.1) is 0 Å². The average Bonchev–Trinajstić information content (AvgIpc) is 3.01. The maximum Gasteiger partial charge on any atom is 0.230 e. The van der Waals surface area contributed by atoms with Gasteiger partial charge in [0.15, 0.2) is 10.9 Å². The van der Waals surface area contributed by atoms with Gasteiger partial charge in [-0.25, -0.2) is 4.98 Å². The summed E-state index contributed by atoms with van der Waals surface area (Å²) in [6.07, 6.45) is 0. The minimum absolute atomic E-state index is 0.0821. The molecule has 0 aliphatic carbocycles. The fourth-order valence-corrected chi connectivity index (χ4v) is 3.15. The van der Waals surface area contributed by atoms with Gasteiger partial charge in [-0.1, -0.05) is 23.9 Å². The van der Waals surface area contributed by atoms with Crippen LogP contribution < -0.4 is 10.7 Å². The van der Waals surface area contributed by atoms with Crippen molar-refractivity contribution < 1.29 is 9.90 Å². The molecule has 8 heteroatoms. The average molecular weight is 358 g/mol. The van der Waals surface area contributed by atoms with Gasteiger partial charge in [-0.05, 0) is 19.1 Å². The zero-order chi connectivity index (χ0) is 18.0. The number of carbonyl (C=O) groups excluding carboxylic acids is 1. The van der Waals surface area contributed by atoms with E-state index in [0.29, 0.717) is 16.5 Å². The highest BCUT2D eigenvalue weighted by atomic mass is 32.2. The van der Waals surface area contributed by atoms with Crippen LogP contribution in [-0.4, -0.2) is 31.3 Å². The fourth-order valence-electron chi connectivity index (χ4n) is 2.44. The van der Waals surface area contributed by atoms with Crippen molar-refractivity contribution in [2.45, 2.75) is 18.6 Å². The van der Waals surface area contributed by atoms with E-state index in [0.717, 1.165) is 11.0 Å². The summed E-state index contributed by atoms with van der Waals surface area (Å²) in [4.78, 5) is 31.3. The van der Waals surface area contributed by atoms with E-state index in [1.54, 1.807) is 18.5 Å². The smallest absolute Gasteiger partial charge is 0.230 e. The first-order valence-electron chi connectivity index (χ1n) is 7.68. The Hall–Kier alpha value is -2.74. The van der Waals surface area contributed by atoms with E-state index in [-0.39, 0.29) is 24.0 Å². The first-order valence-corrected chi connectivity index (χ1v) is 8.67. The number of aryl methyl sites for hydroxylation is 1. The van der Waals surface area contributed by atoms with Crippen molar-refractivity contribution in [3.8, 4) is 5.75 Å². The molecule has 0 aliphatic rings. The minimum atomic E-state index is -0.448. The summed E-state index contributed by atoms with van der Waals surface area (Å²) in [7, 11) is 1.74. The maximum absolute atomic E-state index is 12.1. The van der Waals surface area contributed by atoms with Gasteiger partial charge in [0.1, 0.15) is 0 Å². The number of aromatic nitrogens is 3. The van der Waals surface area contributed by atoms with Gasteiger partial charge in [0.05, 0.1) is 29.0 Å². The number of nitrogens with one attached hydrogen (secondary N) is 2. The normalized spacial score (nSPS) is 11.0. The first-order chi connectivity index (χ1) is 12.0. The molecule has 1 amide bonds. The molecule has 0 fully saturated rings. The molecule has 2 heterocycles. The number of aromatic amines is 1. The molecule has 0 bridgehead atoms. The largest absolute Gasteiger partial charge is 0.503 e. The molecule has 0 aliphatic heterocycles. The minimum Gasteiger partial charge on any atom is -0.503 e. The Labute approximate surface area is 148 Å². The molecule has 0 radical (unpaired) electrons. The highest BCUT2D eigenvalue weighted by molar-refractivity contribution is 7.99. The number of carbonyl (C=O) groups is 1. The monoisotopic (exact) mass is 358 g/mol. The second-order valence-electron chi connectivity index (χ2n) is 5.63. The number of imidazole rings is 1. The van der Waals surface area contributed by atoms with Crippen LogP contribution in [-0.2, 0) is 18.4 Å². The Morgan fingerprint density at radius 1 is 1.40 bits per heavy atom. The van der Waals surface area contributed by atoms with Crippen LogP contribution in [0.3, 0.4) is 0 Å². The zero-order valence-electron chi connectivity index (χ0n) is 13.9. The lowest BCUT2D eigenvalue weighted by atomic mass is 10.2. The van der Waals surface area contributed by atoms with Crippen molar-refractivity contribution >= 4 is 28.7 Å². The lowest BCUT2D eigenvalue weighted by molar-refractivity contribution is -0.118. The lowest BCUT2D eigenvalue weighted by Gasteiger charge is -2.14. The second kappa shape index (κ2) is 7.02. The molecule has 0 saturated carbocycles. The number of pyridine rings is 1. The van der Waals surface area contributed by atoms with Crippen LogP contribution in [0.1, 0.15) is 11.4 Å². The van der Waals surface area contributed by atoms with Crippen molar-refractivity contribution in [2.75, 3.05) is 5.75 Å². The number of rotatable bonds is 5. The van der Waals surface area contributed by atoms with Gasteiger partial charge >= 0.3 is 0 Å². The molecule has 3 N–H and O–H groups in total. The number of hydrogen-bond donors (Lipinski definition) is 3. The van der Waals surface area contributed by atoms with Gasteiger partial charge in [0.25, 0.3) is 0 Å². The number of hydrogen-bond acceptors (Lipinski definition) is 5. The van der Waals surface area contributed by atoms with Gasteiger partial charge in [0, 0.05) is 18.8 Å². The van der Waals surface area contributed by atoms with Gasteiger partial charge in [0.2, 0.25) is 11.3 Å². The molecule has 7 nitrogen and oxygen atoms in total. The number of nitrogens with zero attached hydrogens (tertiary/aromatic N) is 2. The van der Waals surface area contributed by atoms with E-state index in [1.807, 2.05) is 24.3 Å². The third-order valence-electron chi connectivity index (χ3n) is 3.94. The summed E-state index contributed by atoms with van der Waals surface area (Å²) in [6.45, 7) is 1.85. The van der Waals surface area contributed by atoms with E-state index in [1.165, 1.54) is 17.8 Å². The molecule has 0 saturated heterocycles. The molecule has 0 atom stereocenters. The summed E-state index contributed by atoms with van der Waals surface area (Å²) in [5.41, 5.74) is 2.42. The van der Waals surface area contributed by atoms with Crippen molar-refractivity contribution in [1.82, 2.24) is 19.9 Å². The van der Waals surface area contributed by atoms with Crippen LogP contribution >= 0.6 is 11.8 Å². The lowest BCUT2D eigenvalue weighted by Crippen LogP contribution is -2.27. The number of para-hydroxylation sites is 2. The van der Waals surface area contributed by atoms with Crippen LogP contribution in [0.15, 0.2) is 40.3 Å². The molecular weight excluding hydrogens is 340 g/mol. The number of aromatic hydroxyl groups is 1. The molecule has 0 spiro atoms. The van der Waals surface area contributed by atoms with E-state index in [4.69, 9.17) is 0 Å².